The monoisotopic (exact) mass is 373 g/mol. The summed E-state index contributed by atoms with van der Waals surface area (Å²) in [7, 11) is 0. The number of imidazole rings is 1. The predicted molar refractivity (Wildman–Crippen MR) is 99.0 cm³/mol. The van der Waals surface area contributed by atoms with Crippen LogP contribution < -0.4 is 5.32 Å². The van der Waals surface area contributed by atoms with Crippen LogP contribution in [-0.4, -0.2) is 27.7 Å². The molecule has 1 aliphatic rings. The van der Waals surface area contributed by atoms with E-state index in [4.69, 9.17) is 9.15 Å². The van der Waals surface area contributed by atoms with Crippen molar-refractivity contribution in [1.29, 1.82) is 0 Å². The van der Waals surface area contributed by atoms with Crippen molar-refractivity contribution < 1.29 is 18.7 Å². The molecule has 7 heteroatoms. The number of carbonyl (C=O) groups excluding carboxylic acids is 2. The summed E-state index contributed by atoms with van der Waals surface area (Å²) in [5, 5.41) is 2.91. The van der Waals surface area contributed by atoms with Crippen molar-refractivity contribution in [3.63, 3.8) is 0 Å². The second kappa shape index (κ2) is 9.39. The molecular weight excluding hydrogens is 346 g/mol. The zero-order valence-electron chi connectivity index (χ0n) is 15.7. The maximum absolute atomic E-state index is 13.0. The standard InChI is InChI=1S/C20H27N3O4/c1-2-7-16(19(24)27-15-8-4-3-5-9-15)18(17-10-6-13-26-17)22-20(25)23-12-11-21-14-23/h6,10-16,18H,2-5,7-9H2,1H3,(H,22,25). The number of carbonyl (C=O) groups is 2. The fourth-order valence-corrected chi connectivity index (χ4v) is 3.59. The lowest BCUT2D eigenvalue weighted by molar-refractivity contribution is -0.157. The molecule has 1 amide bonds. The van der Waals surface area contributed by atoms with Gasteiger partial charge < -0.3 is 14.5 Å². The summed E-state index contributed by atoms with van der Waals surface area (Å²) in [5.74, 6) is -0.228. The fourth-order valence-electron chi connectivity index (χ4n) is 3.59. The molecular formula is C20H27N3O4. The van der Waals surface area contributed by atoms with E-state index in [1.165, 1.54) is 23.5 Å². The number of nitrogens with zero attached hydrogens (tertiary/aromatic N) is 2. The van der Waals surface area contributed by atoms with Crippen molar-refractivity contribution in [1.82, 2.24) is 14.9 Å². The average molecular weight is 373 g/mol. The summed E-state index contributed by atoms with van der Waals surface area (Å²) in [6, 6.07) is 2.57. The highest BCUT2D eigenvalue weighted by atomic mass is 16.5. The lowest BCUT2D eigenvalue weighted by Crippen LogP contribution is -2.40. The summed E-state index contributed by atoms with van der Waals surface area (Å²) < 4.78 is 12.7. The number of furan rings is 1. The summed E-state index contributed by atoms with van der Waals surface area (Å²) in [4.78, 5) is 29.4. The van der Waals surface area contributed by atoms with Crippen molar-refractivity contribution in [3.05, 3.63) is 42.9 Å². The van der Waals surface area contributed by atoms with Gasteiger partial charge in [0, 0.05) is 12.4 Å². The van der Waals surface area contributed by atoms with Crippen LogP contribution in [-0.2, 0) is 9.53 Å². The second-order valence-electron chi connectivity index (χ2n) is 7.00. The van der Waals surface area contributed by atoms with Crippen LogP contribution in [0.25, 0.3) is 0 Å². The van der Waals surface area contributed by atoms with E-state index in [1.807, 2.05) is 6.92 Å². The Morgan fingerprint density at radius 2 is 2.19 bits per heavy atom. The molecule has 7 nitrogen and oxygen atoms in total. The topological polar surface area (TPSA) is 86.4 Å². The smallest absolute Gasteiger partial charge is 0.327 e. The van der Waals surface area contributed by atoms with E-state index < -0.39 is 12.0 Å². The van der Waals surface area contributed by atoms with Gasteiger partial charge >= 0.3 is 12.0 Å². The molecule has 1 N–H and O–H groups in total. The molecule has 146 valence electrons. The molecule has 0 spiro atoms. The van der Waals surface area contributed by atoms with Crippen molar-refractivity contribution in [2.75, 3.05) is 0 Å². The van der Waals surface area contributed by atoms with E-state index in [9.17, 15) is 9.59 Å². The Kier molecular flexibility index (Phi) is 6.68. The van der Waals surface area contributed by atoms with Gasteiger partial charge in [0.15, 0.2) is 0 Å². The quantitative estimate of drug-likeness (QED) is 0.740. The number of amides is 1. The SMILES string of the molecule is CCCC(C(=O)OC1CCCCC1)C(NC(=O)n1ccnc1)c1ccco1. The molecule has 2 heterocycles. The highest BCUT2D eigenvalue weighted by molar-refractivity contribution is 5.79. The Labute approximate surface area is 159 Å². The van der Waals surface area contributed by atoms with Gasteiger partial charge in [0.2, 0.25) is 0 Å². The van der Waals surface area contributed by atoms with Gasteiger partial charge in [0.05, 0.1) is 12.2 Å². The Morgan fingerprint density at radius 1 is 1.37 bits per heavy atom. The maximum Gasteiger partial charge on any atom is 0.327 e. The first kappa shape index (κ1) is 19.2. The fraction of sp³-hybridized carbons (Fsp3) is 0.550. The zero-order chi connectivity index (χ0) is 19.1. The number of aromatic nitrogens is 2. The normalized spacial score (nSPS) is 17.2. The number of ether oxygens (including phenoxy) is 1. The Balaban J connectivity index is 1.77. The molecule has 1 fully saturated rings. The molecule has 0 aromatic carbocycles. The molecule has 0 saturated heterocycles. The Hall–Kier alpha value is -2.57. The largest absolute Gasteiger partial charge is 0.467 e. The van der Waals surface area contributed by atoms with E-state index in [-0.39, 0.29) is 18.1 Å². The first-order chi connectivity index (χ1) is 13.2. The van der Waals surface area contributed by atoms with Crippen LogP contribution in [0.3, 0.4) is 0 Å². The predicted octanol–water partition coefficient (Wildman–Crippen LogP) is 4.07. The van der Waals surface area contributed by atoms with Crippen molar-refractivity contribution in [2.45, 2.75) is 64.0 Å². The van der Waals surface area contributed by atoms with E-state index in [2.05, 4.69) is 10.3 Å². The molecule has 3 rings (SSSR count). The first-order valence-electron chi connectivity index (χ1n) is 9.71. The van der Waals surface area contributed by atoms with Crippen LogP contribution in [0.15, 0.2) is 41.5 Å². The minimum Gasteiger partial charge on any atom is -0.467 e. The van der Waals surface area contributed by atoms with Crippen LogP contribution in [0.1, 0.15) is 63.7 Å². The van der Waals surface area contributed by atoms with Gasteiger partial charge in [-0.25, -0.2) is 9.78 Å². The molecule has 1 aliphatic carbocycles. The molecule has 2 aromatic heterocycles. The first-order valence-corrected chi connectivity index (χ1v) is 9.71. The van der Waals surface area contributed by atoms with Crippen LogP contribution >= 0.6 is 0 Å². The number of nitrogens with one attached hydrogen (secondary N) is 1. The van der Waals surface area contributed by atoms with Crippen LogP contribution in [0.2, 0.25) is 0 Å². The molecule has 2 aromatic rings. The lowest BCUT2D eigenvalue weighted by atomic mass is 9.92. The third kappa shape index (κ3) is 4.99. The highest BCUT2D eigenvalue weighted by Gasteiger charge is 2.35. The summed E-state index contributed by atoms with van der Waals surface area (Å²) in [6.45, 7) is 2.01. The molecule has 2 atom stereocenters. The molecule has 0 aliphatic heterocycles. The third-order valence-electron chi connectivity index (χ3n) is 5.01. The van der Waals surface area contributed by atoms with Crippen molar-refractivity contribution >= 4 is 12.0 Å². The summed E-state index contributed by atoms with van der Waals surface area (Å²) >= 11 is 0. The van der Waals surface area contributed by atoms with E-state index in [1.54, 1.807) is 24.6 Å². The van der Waals surface area contributed by atoms with Gasteiger partial charge in [0.1, 0.15) is 24.2 Å². The Bertz CT molecular complexity index is 706. The van der Waals surface area contributed by atoms with Gasteiger partial charge in [-0.15, -0.1) is 0 Å². The number of rotatable bonds is 7. The third-order valence-corrected chi connectivity index (χ3v) is 5.01. The van der Waals surface area contributed by atoms with Crippen LogP contribution in [0.4, 0.5) is 4.79 Å². The van der Waals surface area contributed by atoms with Gasteiger partial charge in [-0.2, -0.15) is 0 Å². The van der Waals surface area contributed by atoms with Crippen LogP contribution in [0, 0.1) is 5.92 Å². The van der Waals surface area contributed by atoms with E-state index >= 15 is 0 Å². The molecule has 1 saturated carbocycles. The van der Waals surface area contributed by atoms with Gasteiger partial charge in [-0.05, 0) is 44.2 Å². The minimum absolute atomic E-state index is 0.0211. The number of hydrogen-bond donors (Lipinski definition) is 1. The minimum atomic E-state index is -0.592. The van der Waals surface area contributed by atoms with Crippen molar-refractivity contribution in [2.24, 2.45) is 5.92 Å². The average Bonchev–Trinajstić information content (AvgIpc) is 3.39. The van der Waals surface area contributed by atoms with E-state index in [0.29, 0.717) is 12.2 Å². The Morgan fingerprint density at radius 3 is 2.81 bits per heavy atom. The zero-order valence-corrected chi connectivity index (χ0v) is 15.7. The molecule has 2 unspecified atom stereocenters. The van der Waals surface area contributed by atoms with E-state index in [0.717, 1.165) is 32.1 Å². The second-order valence-corrected chi connectivity index (χ2v) is 7.00. The maximum atomic E-state index is 13.0. The summed E-state index contributed by atoms with van der Waals surface area (Å²) in [6.07, 6.45) is 12.6. The highest BCUT2D eigenvalue weighted by Crippen LogP contribution is 2.30. The van der Waals surface area contributed by atoms with Crippen LogP contribution in [0.5, 0.6) is 0 Å². The summed E-state index contributed by atoms with van der Waals surface area (Å²) in [5.41, 5.74) is 0. The molecule has 0 bridgehead atoms. The number of esters is 1. The van der Waals surface area contributed by atoms with Gasteiger partial charge in [-0.1, -0.05) is 19.8 Å². The molecule has 27 heavy (non-hydrogen) atoms. The lowest BCUT2D eigenvalue weighted by Gasteiger charge is -2.28. The number of hydrogen-bond acceptors (Lipinski definition) is 5. The van der Waals surface area contributed by atoms with Gasteiger partial charge in [0.25, 0.3) is 0 Å². The van der Waals surface area contributed by atoms with Gasteiger partial charge in [-0.3, -0.25) is 9.36 Å². The van der Waals surface area contributed by atoms with Crippen molar-refractivity contribution in [3.8, 4) is 0 Å². The molecule has 0 radical (unpaired) electrons.